The Bertz CT molecular complexity index is 894. The molecule has 0 spiro atoms. The predicted octanol–water partition coefficient (Wildman–Crippen LogP) is 3.13. The van der Waals surface area contributed by atoms with E-state index in [0.29, 0.717) is 0 Å². The summed E-state index contributed by atoms with van der Waals surface area (Å²) in [6.45, 7) is 5.94. The fourth-order valence-corrected chi connectivity index (χ4v) is 3.28. The van der Waals surface area contributed by atoms with Gasteiger partial charge in [-0.2, -0.15) is 0 Å². The molecule has 0 radical (unpaired) electrons. The van der Waals surface area contributed by atoms with E-state index < -0.39 is 0 Å². The quantitative estimate of drug-likeness (QED) is 0.473. The van der Waals surface area contributed by atoms with Gasteiger partial charge in [0.05, 0.1) is 0 Å². The van der Waals surface area contributed by atoms with E-state index in [9.17, 15) is 0 Å². The third kappa shape index (κ3) is 4.23. The third-order valence-corrected chi connectivity index (χ3v) is 4.73. The van der Waals surface area contributed by atoms with Crippen LogP contribution in [0.15, 0.2) is 47.8 Å². The van der Waals surface area contributed by atoms with E-state index in [1.165, 1.54) is 33.2 Å². The van der Waals surface area contributed by atoms with Gasteiger partial charge in [-0.25, -0.2) is 0 Å². The van der Waals surface area contributed by atoms with Crippen molar-refractivity contribution < 1.29 is 0 Å². The number of aromatic amines is 1. The van der Waals surface area contributed by atoms with Crippen LogP contribution in [-0.4, -0.2) is 36.1 Å². The first-order chi connectivity index (χ1) is 12.7. The molecule has 0 aliphatic heterocycles. The van der Waals surface area contributed by atoms with Gasteiger partial charge < -0.3 is 15.6 Å². The second-order valence-electron chi connectivity index (χ2n) is 6.54. The lowest BCUT2D eigenvalue weighted by atomic mass is 10.1. The van der Waals surface area contributed by atoms with Gasteiger partial charge in [0.2, 0.25) is 0 Å². The van der Waals surface area contributed by atoms with Gasteiger partial charge in [0.25, 0.3) is 0 Å². The van der Waals surface area contributed by atoms with Crippen molar-refractivity contribution in [3.05, 3.63) is 65.1 Å². The average Bonchev–Trinajstić information content (AvgIpc) is 3.06. The summed E-state index contributed by atoms with van der Waals surface area (Å²) in [4.78, 5) is 11.8. The zero-order chi connectivity index (χ0) is 18.4. The molecule has 26 heavy (non-hydrogen) atoms. The predicted molar refractivity (Wildman–Crippen MR) is 109 cm³/mol. The molecule has 0 aliphatic carbocycles. The number of hydrogen-bond donors (Lipinski definition) is 3. The van der Waals surface area contributed by atoms with E-state index >= 15 is 0 Å². The van der Waals surface area contributed by atoms with E-state index in [1.54, 1.807) is 0 Å². The zero-order valence-electron chi connectivity index (χ0n) is 15.8. The van der Waals surface area contributed by atoms with Crippen molar-refractivity contribution >= 4 is 16.9 Å². The number of fused-ring (bicyclic) bond motifs is 1. The first kappa shape index (κ1) is 18.0. The second-order valence-corrected chi connectivity index (χ2v) is 6.54. The summed E-state index contributed by atoms with van der Waals surface area (Å²) in [5, 5.41) is 8.13. The standard InChI is InChI=1S/C21H27N5/c1-15-5-4-6-19-20(15)18(14-26-19)9-12-25-21(22-3)24-11-8-17-7-10-23-13-16(17)2/h4-7,10,13-14,26H,8-9,11-12H2,1-3H3,(H2,22,24,25). The Morgan fingerprint density at radius 3 is 2.54 bits per heavy atom. The summed E-state index contributed by atoms with van der Waals surface area (Å²) < 4.78 is 0. The number of H-pyrrole nitrogens is 1. The van der Waals surface area contributed by atoms with Crippen molar-refractivity contribution in [2.75, 3.05) is 20.1 Å². The highest BCUT2D eigenvalue weighted by Crippen LogP contribution is 2.22. The third-order valence-electron chi connectivity index (χ3n) is 4.73. The van der Waals surface area contributed by atoms with Gasteiger partial charge in [-0.3, -0.25) is 9.98 Å². The molecule has 1 aromatic carbocycles. The molecule has 0 atom stereocenters. The Balaban J connectivity index is 1.49. The Kier molecular flexibility index (Phi) is 5.89. The van der Waals surface area contributed by atoms with Crippen molar-refractivity contribution in [1.82, 2.24) is 20.6 Å². The Morgan fingerprint density at radius 2 is 1.81 bits per heavy atom. The highest BCUT2D eigenvalue weighted by molar-refractivity contribution is 5.86. The molecule has 0 fully saturated rings. The lowest BCUT2D eigenvalue weighted by molar-refractivity contribution is 0.783. The topological polar surface area (TPSA) is 65.1 Å². The van der Waals surface area contributed by atoms with Gasteiger partial charge in [0.15, 0.2) is 5.96 Å². The van der Waals surface area contributed by atoms with Crippen LogP contribution >= 0.6 is 0 Å². The van der Waals surface area contributed by atoms with Gasteiger partial charge in [-0.05, 0) is 61.1 Å². The lowest BCUT2D eigenvalue weighted by Gasteiger charge is -2.12. The van der Waals surface area contributed by atoms with Gasteiger partial charge >= 0.3 is 0 Å². The minimum Gasteiger partial charge on any atom is -0.361 e. The molecular weight excluding hydrogens is 322 g/mol. The minimum atomic E-state index is 0.841. The number of pyridine rings is 1. The van der Waals surface area contributed by atoms with Gasteiger partial charge in [-0.1, -0.05) is 12.1 Å². The van der Waals surface area contributed by atoms with Crippen LogP contribution in [0.25, 0.3) is 10.9 Å². The summed E-state index contributed by atoms with van der Waals surface area (Å²) >= 11 is 0. The highest BCUT2D eigenvalue weighted by Gasteiger charge is 2.06. The van der Waals surface area contributed by atoms with E-state index in [-0.39, 0.29) is 0 Å². The summed E-state index contributed by atoms with van der Waals surface area (Å²) in [5.74, 6) is 0.841. The average molecular weight is 349 g/mol. The maximum absolute atomic E-state index is 4.31. The Labute approximate surface area is 155 Å². The largest absolute Gasteiger partial charge is 0.361 e. The molecular formula is C21H27N5. The number of aliphatic imine (C=N–C) groups is 1. The zero-order valence-corrected chi connectivity index (χ0v) is 15.8. The van der Waals surface area contributed by atoms with Crippen LogP contribution in [0.5, 0.6) is 0 Å². The first-order valence-corrected chi connectivity index (χ1v) is 9.08. The molecule has 0 bridgehead atoms. The molecule has 0 aliphatic rings. The molecule has 2 heterocycles. The second kappa shape index (κ2) is 8.52. The minimum absolute atomic E-state index is 0.841. The van der Waals surface area contributed by atoms with Crippen molar-refractivity contribution in [2.45, 2.75) is 26.7 Å². The maximum Gasteiger partial charge on any atom is 0.190 e. The fraction of sp³-hybridized carbons (Fsp3) is 0.333. The molecule has 2 aromatic heterocycles. The number of rotatable bonds is 6. The van der Waals surface area contributed by atoms with Crippen LogP contribution in [0.2, 0.25) is 0 Å². The van der Waals surface area contributed by atoms with Crippen LogP contribution < -0.4 is 10.6 Å². The summed E-state index contributed by atoms with van der Waals surface area (Å²) in [5.41, 5.74) is 6.40. The Morgan fingerprint density at radius 1 is 1.04 bits per heavy atom. The van der Waals surface area contributed by atoms with E-state index in [2.05, 4.69) is 69.9 Å². The number of aryl methyl sites for hydroxylation is 2. The molecule has 0 saturated carbocycles. The lowest BCUT2D eigenvalue weighted by Crippen LogP contribution is -2.39. The monoisotopic (exact) mass is 349 g/mol. The van der Waals surface area contributed by atoms with Crippen molar-refractivity contribution in [2.24, 2.45) is 4.99 Å². The molecule has 5 nitrogen and oxygen atoms in total. The van der Waals surface area contributed by atoms with Crippen molar-refractivity contribution in [1.29, 1.82) is 0 Å². The van der Waals surface area contributed by atoms with Gasteiger partial charge in [-0.15, -0.1) is 0 Å². The SMILES string of the molecule is CN=C(NCCc1ccncc1C)NCCc1c[nH]c2cccc(C)c12. The number of nitrogens with one attached hydrogen (secondary N) is 3. The van der Waals surface area contributed by atoms with Crippen molar-refractivity contribution in [3.63, 3.8) is 0 Å². The van der Waals surface area contributed by atoms with E-state index in [4.69, 9.17) is 0 Å². The van der Waals surface area contributed by atoms with Crippen molar-refractivity contribution in [3.8, 4) is 0 Å². The molecule has 5 heteroatoms. The van der Waals surface area contributed by atoms with Crippen LogP contribution in [0.3, 0.4) is 0 Å². The highest BCUT2D eigenvalue weighted by atomic mass is 15.2. The molecule has 0 amide bonds. The molecule has 0 unspecified atom stereocenters. The maximum atomic E-state index is 4.31. The number of benzene rings is 1. The fourth-order valence-electron chi connectivity index (χ4n) is 3.28. The molecule has 3 aromatic rings. The van der Waals surface area contributed by atoms with Crippen LogP contribution in [0.4, 0.5) is 0 Å². The summed E-state index contributed by atoms with van der Waals surface area (Å²) in [7, 11) is 1.81. The van der Waals surface area contributed by atoms with E-state index in [1.807, 2.05) is 19.4 Å². The van der Waals surface area contributed by atoms with Crippen LogP contribution in [0.1, 0.15) is 22.3 Å². The number of aromatic nitrogens is 2. The van der Waals surface area contributed by atoms with Gasteiger partial charge in [0.1, 0.15) is 0 Å². The summed E-state index contributed by atoms with van der Waals surface area (Å²) in [6, 6.07) is 8.45. The normalized spacial score (nSPS) is 11.7. The molecule has 0 saturated heterocycles. The Hall–Kier alpha value is -2.82. The summed E-state index contributed by atoms with van der Waals surface area (Å²) in [6.07, 6.45) is 7.78. The van der Waals surface area contributed by atoms with Gasteiger partial charge in [0, 0.05) is 49.6 Å². The van der Waals surface area contributed by atoms with E-state index in [0.717, 1.165) is 31.9 Å². The van der Waals surface area contributed by atoms with Crippen LogP contribution in [0, 0.1) is 13.8 Å². The number of hydrogen-bond acceptors (Lipinski definition) is 2. The molecule has 3 rings (SSSR count). The molecule has 136 valence electrons. The smallest absolute Gasteiger partial charge is 0.190 e. The van der Waals surface area contributed by atoms with Crippen LogP contribution in [-0.2, 0) is 12.8 Å². The first-order valence-electron chi connectivity index (χ1n) is 9.08. The number of guanidine groups is 1. The number of nitrogens with zero attached hydrogens (tertiary/aromatic N) is 2. The molecule has 3 N–H and O–H groups in total.